The van der Waals surface area contributed by atoms with Gasteiger partial charge in [0.25, 0.3) is 0 Å². The summed E-state index contributed by atoms with van der Waals surface area (Å²) < 4.78 is 6.06. The molecule has 0 radical (unpaired) electrons. The predicted molar refractivity (Wildman–Crippen MR) is 65.2 cm³/mol. The summed E-state index contributed by atoms with van der Waals surface area (Å²) in [6, 6.07) is 0.560. The number of nitrogens with one attached hydrogen (secondary N) is 1. The van der Waals surface area contributed by atoms with Gasteiger partial charge in [-0.25, -0.2) is 0 Å². The largest absolute Gasteiger partial charge is 0.374 e. The monoisotopic (exact) mass is 213 g/mol. The molecule has 0 spiro atoms. The summed E-state index contributed by atoms with van der Waals surface area (Å²) in [6.45, 7) is 7.52. The van der Waals surface area contributed by atoms with Gasteiger partial charge in [0.1, 0.15) is 0 Å². The van der Waals surface area contributed by atoms with Crippen LogP contribution in [0, 0.1) is 0 Å². The maximum Gasteiger partial charge on any atom is 0.0675 e. The van der Waals surface area contributed by atoms with Crippen LogP contribution in [0.2, 0.25) is 0 Å². The maximum atomic E-state index is 6.06. The summed E-state index contributed by atoms with van der Waals surface area (Å²) in [7, 11) is 0. The van der Waals surface area contributed by atoms with Gasteiger partial charge in [-0.3, -0.25) is 0 Å². The van der Waals surface area contributed by atoms with Crippen molar-refractivity contribution < 1.29 is 4.74 Å². The van der Waals surface area contributed by atoms with E-state index in [-0.39, 0.29) is 0 Å². The summed E-state index contributed by atoms with van der Waals surface area (Å²) in [5.74, 6) is 0. The fourth-order valence-electron chi connectivity index (χ4n) is 2.16. The van der Waals surface area contributed by atoms with Crippen molar-refractivity contribution >= 4 is 0 Å². The zero-order valence-corrected chi connectivity index (χ0v) is 10.6. The van der Waals surface area contributed by atoms with Crippen LogP contribution in [0.3, 0.4) is 0 Å². The van der Waals surface area contributed by atoms with Crippen LogP contribution in [-0.4, -0.2) is 24.8 Å². The topological polar surface area (TPSA) is 21.3 Å². The highest BCUT2D eigenvalue weighted by Crippen LogP contribution is 2.20. The molecule has 1 rings (SSSR count). The fraction of sp³-hybridized carbons (Fsp3) is 1.00. The molecule has 2 nitrogen and oxygen atoms in total. The lowest BCUT2D eigenvalue weighted by Gasteiger charge is -2.22. The highest BCUT2D eigenvalue weighted by atomic mass is 16.5. The summed E-state index contributed by atoms with van der Waals surface area (Å²) >= 11 is 0. The molecule has 1 N–H and O–H groups in total. The summed E-state index contributed by atoms with van der Waals surface area (Å²) in [4.78, 5) is 0. The van der Waals surface area contributed by atoms with Crippen LogP contribution < -0.4 is 5.32 Å². The Kier molecular flexibility index (Phi) is 6.26. The Balaban J connectivity index is 2.14. The molecule has 0 heterocycles. The van der Waals surface area contributed by atoms with Gasteiger partial charge >= 0.3 is 0 Å². The second-order valence-electron chi connectivity index (χ2n) is 5.12. The molecule has 2 heteroatoms. The minimum atomic E-state index is 0.357. The molecule has 1 aliphatic rings. The first-order valence-electron chi connectivity index (χ1n) is 6.57. The number of ether oxygens (including phenoxy) is 1. The average molecular weight is 213 g/mol. The van der Waals surface area contributed by atoms with Gasteiger partial charge < -0.3 is 10.1 Å². The van der Waals surface area contributed by atoms with E-state index in [2.05, 4.69) is 26.1 Å². The lowest BCUT2D eigenvalue weighted by molar-refractivity contribution is -0.00946. The molecule has 0 aromatic carbocycles. The van der Waals surface area contributed by atoms with E-state index < -0.39 is 0 Å². The van der Waals surface area contributed by atoms with Crippen molar-refractivity contribution in [1.82, 2.24) is 5.32 Å². The molecule has 1 fully saturated rings. The average Bonchev–Trinajstić information content (AvgIpc) is 2.43. The second kappa shape index (κ2) is 7.24. The molecule has 1 unspecified atom stereocenters. The highest BCUT2D eigenvalue weighted by molar-refractivity contribution is 4.67. The number of hydrogen-bond acceptors (Lipinski definition) is 2. The lowest BCUT2D eigenvalue weighted by atomic mass is 10.1. The van der Waals surface area contributed by atoms with Crippen LogP contribution in [-0.2, 0) is 4.74 Å². The van der Waals surface area contributed by atoms with Crippen LogP contribution in [0.5, 0.6) is 0 Å². The smallest absolute Gasteiger partial charge is 0.0675 e. The second-order valence-corrected chi connectivity index (χ2v) is 5.12. The van der Waals surface area contributed by atoms with Gasteiger partial charge in [0, 0.05) is 12.6 Å². The van der Waals surface area contributed by atoms with Crippen LogP contribution in [0.1, 0.15) is 59.3 Å². The van der Waals surface area contributed by atoms with Crippen molar-refractivity contribution in [1.29, 1.82) is 0 Å². The third kappa shape index (κ3) is 6.16. The van der Waals surface area contributed by atoms with Crippen LogP contribution >= 0.6 is 0 Å². The molecule has 1 saturated carbocycles. The first-order chi connectivity index (χ1) is 7.18. The Morgan fingerprint density at radius 3 is 2.20 bits per heavy atom. The van der Waals surface area contributed by atoms with Gasteiger partial charge in [-0.1, -0.05) is 39.5 Å². The van der Waals surface area contributed by atoms with Crippen molar-refractivity contribution in [2.75, 3.05) is 6.54 Å². The lowest BCUT2D eigenvalue weighted by Crippen LogP contribution is -2.34. The molecule has 90 valence electrons. The Labute approximate surface area is 94.8 Å². The number of hydrogen-bond donors (Lipinski definition) is 1. The fourth-order valence-corrected chi connectivity index (χ4v) is 2.16. The standard InChI is InChI=1S/C13H27NO/c1-11(2)14-10-12(3)15-13-8-6-4-5-7-9-13/h11-14H,4-10H2,1-3H3. The van der Waals surface area contributed by atoms with E-state index in [1.165, 1.54) is 38.5 Å². The van der Waals surface area contributed by atoms with E-state index in [0.29, 0.717) is 18.2 Å². The van der Waals surface area contributed by atoms with Gasteiger partial charge in [0.05, 0.1) is 12.2 Å². The van der Waals surface area contributed by atoms with Crippen molar-refractivity contribution in [3.63, 3.8) is 0 Å². The summed E-state index contributed by atoms with van der Waals surface area (Å²) in [5, 5.41) is 3.43. The minimum absolute atomic E-state index is 0.357. The van der Waals surface area contributed by atoms with E-state index in [4.69, 9.17) is 4.74 Å². The van der Waals surface area contributed by atoms with E-state index in [1.807, 2.05) is 0 Å². The van der Waals surface area contributed by atoms with Gasteiger partial charge in [0.2, 0.25) is 0 Å². The summed E-state index contributed by atoms with van der Waals surface area (Å²) in [5.41, 5.74) is 0. The SMILES string of the molecule is CC(C)NCC(C)OC1CCCCCC1. The van der Waals surface area contributed by atoms with Crippen LogP contribution in [0.4, 0.5) is 0 Å². The van der Waals surface area contributed by atoms with E-state index in [0.717, 1.165) is 6.54 Å². The van der Waals surface area contributed by atoms with Gasteiger partial charge in [-0.15, -0.1) is 0 Å². The molecule has 0 amide bonds. The maximum absolute atomic E-state index is 6.06. The highest BCUT2D eigenvalue weighted by Gasteiger charge is 2.15. The zero-order valence-electron chi connectivity index (χ0n) is 10.6. The molecule has 0 bridgehead atoms. The van der Waals surface area contributed by atoms with Crippen molar-refractivity contribution in [2.45, 2.75) is 77.5 Å². The Hall–Kier alpha value is -0.0800. The van der Waals surface area contributed by atoms with E-state index in [1.54, 1.807) is 0 Å². The Bertz CT molecular complexity index is 151. The molecule has 0 aromatic heterocycles. The number of rotatable bonds is 5. The van der Waals surface area contributed by atoms with E-state index >= 15 is 0 Å². The zero-order chi connectivity index (χ0) is 11.1. The molecular weight excluding hydrogens is 186 g/mol. The first-order valence-corrected chi connectivity index (χ1v) is 6.57. The van der Waals surface area contributed by atoms with Gasteiger partial charge in [-0.05, 0) is 19.8 Å². The van der Waals surface area contributed by atoms with E-state index in [9.17, 15) is 0 Å². The van der Waals surface area contributed by atoms with Crippen LogP contribution in [0.15, 0.2) is 0 Å². The predicted octanol–water partition coefficient (Wildman–Crippen LogP) is 3.11. The normalized spacial score (nSPS) is 21.6. The Morgan fingerprint density at radius 2 is 1.67 bits per heavy atom. The van der Waals surface area contributed by atoms with Crippen molar-refractivity contribution in [3.05, 3.63) is 0 Å². The minimum Gasteiger partial charge on any atom is -0.374 e. The van der Waals surface area contributed by atoms with Gasteiger partial charge in [-0.2, -0.15) is 0 Å². The molecule has 15 heavy (non-hydrogen) atoms. The molecular formula is C13H27NO. The third-order valence-corrected chi connectivity index (χ3v) is 3.04. The molecule has 0 aliphatic heterocycles. The van der Waals surface area contributed by atoms with Crippen LogP contribution in [0.25, 0.3) is 0 Å². The quantitative estimate of drug-likeness (QED) is 0.709. The Morgan fingerprint density at radius 1 is 1.07 bits per heavy atom. The third-order valence-electron chi connectivity index (χ3n) is 3.04. The molecule has 1 atom stereocenters. The van der Waals surface area contributed by atoms with Crippen molar-refractivity contribution in [2.24, 2.45) is 0 Å². The van der Waals surface area contributed by atoms with Gasteiger partial charge in [0.15, 0.2) is 0 Å². The molecule has 0 saturated heterocycles. The molecule has 0 aromatic rings. The van der Waals surface area contributed by atoms with Crippen molar-refractivity contribution in [3.8, 4) is 0 Å². The summed E-state index contributed by atoms with van der Waals surface area (Å²) in [6.07, 6.45) is 8.94. The molecule has 1 aliphatic carbocycles. The first kappa shape index (κ1) is 13.0.